The zero-order valence-corrected chi connectivity index (χ0v) is 16.7. The van der Waals surface area contributed by atoms with E-state index in [1.54, 1.807) is 0 Å². The van der Waals surface area contributed by atoms with E-state index in [1.165, 1.54) is 0 Å². The fourth-order valence-corrected chi connectivity index (χ4v) is 4.02. The molecule has 2 fully saturated rings. The van der Waals surface area contributed by atoms with E-state index in [-0.39, 0.29) is 23.8 Å². The van der Waals surface area contributed by atoms with E-state index in [4.69, 9.17) is 0 Å². The predicted molar refractivity (Wildman–Crippen MR) is 113 cm³/mol. The van der Waals surface area contributed by atoms with Gasteiger partial charge in [-0.2, -0.15) is 0 Å². The van der Waals surface area contributed by atoms with Gasteiger partial charge in [-0.1, -0.05) is 60.7 Å². The van der Waals surface area contributed by atoms with Gasteiger partial charge in [0.2, 0.25) is 11.8 Å². The van der Waals surface area contributed by atoms with Crippen LogP contribution in [0.1, 0.15) is 42.9 Å². The summed E-state index contributed by atoms with van der Waals surface area (Å²) < 4.78 is 0. The Morgan fingerprint density at radius 1 is 0.897 bits per heavy atom. The van der Waals surface area contributed by atoms with Crippen molar-refractivity contribution in [1.82, 2.24) is 15.5 Å². The molecule has 1 unspecified atom stereocenters. The van der Waals surface area contributed by atoms with Crippen LogP contribution < -0.4 is 10.6 Å². The van der Waals surface area contributed by atoms with Crippen molar-refractivity contribution >= 4 is 11.8 Å². The average Bonchev–Trinajstić information content (AvgIpc) is 3.58. The molecule has 1 aliphatic heterocycles. The highest BCUT2D eigenvalue weighted by molar-refractivity contribution is 5.84. The Morgan fingerprint density at radius 2 is 1.52 bits per heavy atom. The summed E-state index contributed by atoms with van der Waals surface area (Å²) in [5, 5.41) is 6.23. The number of carbonyl (C=O) groups excluding carboxylic acids is 2. The largest absolute Gasteiger partial charge is 0.352 e. The van der Waals surface area contributed by atoms with Crippen molar-refractivity contribution < 1.29 is 9.59 Å². The maximum atomic E-state index is 12.9. The number of rotatable bonds is 7. The molecule has 1 saturated carbocycles. The second-order valence-electron chi connectivity index (χ2n) is 8.11. The summed E-state index contributed by atoms with van der Waals surface area (Å²) in [6.07, 6.45) is 3.72. The molecule has 0 spiro atoms. The molecular formula is C24H29N3O2. The van der Waals surface area contributed by atoms with Gasteiger partial charge in [0.25, 0.3) is 0 Å². The quantitative estimate of drug-likeness (QED) is 0.763. The van der Waals surface area contributed by atoms with Crippen LogP contribution in [0.3, 0.4) is 0 Å². The smallest absolute Gasteiger partial charge is 0.242 e. The highest BCUT2D eigenvalue weighted by Gasteiger charge is 2.35. The van der Waals surface area contributed by atoms with Crippen LogP contribution in [0.2, 0.25) is 0 Å². The van der Waals surface area contributed by atoms with Crippen molar-refractivity contribution in [2.45, 2.75) is 44.3 Å². The molecule has 4 rings (SSSR count). The van der Waals surface area contributed by atoms with Gasteiger partial charge in [-0.05, 0) is 49.9 Å². The second kappa shape index (κ2) is 9.23. The van der Waals surface area contributed by atoms with Crippen LogP contribution >= 0.6 is 0 Å². The lowest BCUT2D eigenvalue weighted by Gasteiger charge is -2.36. The lowest BCUT2D eigenvalue weighted by Crippen LogP contribution is -2.46. The molecular weight excluding hydrogens is 362 g/mol. The van der Waals surface area contributed by atoms with Crippen LogP contribution in [-0.2, 0) is 16.1 Å². The normalized spacial score (nSPS) is 18.8. The van der Waals surface area contributed by atoms with Gasteiger partial charge < -0.3 is 10.6 Å². The van der Waals surface area contributed by atoms with Crippen LogP contribution in [0.5, 0.6) is 0 Å². The first-order chi connectivity index (χ1) is 14.2. The summed E-state index contributed by atoms with van der Waals surface area (Å²) >= 11 is 0. The van der Waals surface area contributed by atoms with E-state index < -0.39 is 0 Å². The lowest BCUT2D eigenvalue weighted by molar-refractivity contribution is -0.129. The first-order valence-corrected chi connectivity index (χ1v) is 10.6. The van der Waals surface area contributed by atoms with E-state index in [9.17, 15) is 9.59 Å². The number of hydrogen-bond acceptors (Lipinski definition) is 3. The first-order valence-electron chi connectivity index (χ1n) is 10.6. The third-order valence-electron chi connectivity index (χ3n) is 5.86. The Kier molecular flexibility index (Phi) is 6.25. The molecule has 0 aromatic heterocycles. The minimum atomic E-state index is -0.273. The molecule has 2 aromatic rings. The number of benzene rings is 2. The van der Waals surface area contributed by atoms with Crippen molar-refractivity contribution in [3.8, 4) is 0 Å². The van der Waals surface area contributed by atoms with Crippen molar-refractivity contribution in [3.05, 3.63) is 71.8 Å². The van der Waals surface area contributed by atoms with Gasteiger partial charge >= 0.3 is 0 Å². The Balaban J connectivity index is 1.34. The predicted octanol–water partition coefficient (Wildman–Crippen LogP) is 3.03. The van der Waals surface area contributed by atoms with Crippen molar-refractivity contribution in [2.24, 2.45) is 5.92 Å². The summed E-state index contributed by atoms with van der Waals surface area (Å²) in [6, 6.07) is 20.0. The van der Waals surface area contributed by atoms with Crippen molar-refractivity contribution in [2.75, 3.05) is 13.1 Å². The van der Waals surface area contributed by atoms with Crippen molar-refractivity contribution in [1.29, 1.82) is 0 Å². The Bertz CT molecular complexity index is 813. The molecule has 2 aliphatic rings. The van der Waals surface area contributed by atoms with Gasteiger partial charge in [-0.25, -0.2) is 0 Å². The van der Waals surface area contributed by atoms with E-state index >= 15 is 0 Å². The zero-order chi connectivity index (χ0) is 20.1. The fraction of sp³-hybridized carbons (Fsp3) is 0.417. The minimum Gasteiger partial charge on any atom is -0.352 e. The maximum Gasteiger partial charge on any atom is 0.242 e. The third-order valence-corrected chi connectivity index (χ3v) is 5.86. The molecule has 2 amide bonds. The zero-order valence-electron chi connectivity index (χ0n) is 16.7. The lowest BCUT2D eigenvalue weighted by atomic mass is 9.93. The number of nitrogens with zero attached hydrogens (tertiary/aromatic N) is 1. The molecule has 5 nitrogen and oxygen atoms in total. The monoisotopic (exact) mass is 391 g/mol. The number of carbonyl (C=O) groups is 2. The number of hydrogen-bond donors (Lipinski definition) is 2. The minimum absolute atomic E-state index is 0.0119. The van der Waals surface area contributed by atoms with Gasteiger partial charge in [0.05, 0.1) is 0 Å². The number of nitrogens with one attached hydrogen (secondary N) is 2. The molecule has 0 bridgehead atoms. The second-order valence-corrected chi connectivity index (χ2v) is 8.11. The van der Waals surface area contributed by atoms with Crippen LogP contribution in [0.4, 0.5) is 0 Å². The van der Waals surface area contributed by atoms with Gasteiger partial charge in [0, 0.05) is 18.5 Å². The molecule has 29 heavy (non-hydrogen) atoms. The maximum absolute atomic E-state index is 12.9. The van der Waals surface area contributed by atoms with Gasteiger partial charge in [0.1, 0.15) is 6.04 Å². The fourth-order valence-electron chi connectivity index (χ4n) is 4.02. The summed E-state index contributed by atoms with van der Waals surface area (Å²) in [5.41, 5.74) is 2.14. The van der Waals surface area contributed by atoms with E-state index in [1.807, 2.05) is 60.7 Å². The van der Waals surface area contributed by atoms with Crippen LogP contribution in [0, 0.1) is 5.92 Å². The molecule has 0 radical (unpaired) electrons. The molecule has 5 heteroatoms. The Hall–Kier alpha value is -2.66. The van der Waals surface area contributed by atoms with Gasteiger partial charge in [-0.15, -0.1) is 0 Å². The number of piperidine rings is 1. The molecule has 2 N–H and O–H groups in total. The third kappa shape index (κ3) is 5.24. The summed E-state index contributed by atoms with van der Waals surface area (Å²) in [7, 11) is 0. The average molecular weight is 392 g/mol. The Morgan fingerprint density at radius 3 is 2.14 bits per heavy atom. The first kappa shape index (κ1) is 19.6. The summed E-state index contributed by atoms with van der Waals surface area (Å²) in [4.78, 5) is 27.8. The number of amides is 2. The molecule has 1 saturated heterocycles. The molecule has 1 heterocycles. The molecule has 152 valence electrons. The molecule has 1 atom stereocenters. The van der Waals surface area contributed by atoms with Crippen LogP contribution in [0.15, 0.2) is 60.7 Å². The van der Waals surface area contributed by atoms with Crippen LogP contribution in [-0.4, -0.2) is 35.8 Å². The van der Waals surface area contributed by atoms with Crippen molar-refractivity contribution in [3.63, 3.8) is 0 Å². The van der Waals surface area contributed by atoms with E-state index in [0.717, 1.165) is 49.9 Å². The van der Waals surface area contributed by atoms with E-state index in [2.05, 4.69) is 15.5 Å². The van der Waals surface area contributed by atoms with Crippen LogP contribution in [0.25, 0.3) is 0 Å². The highest BCUT2D eigenvalue weighted by Crippen LogP contribution is 2.29. The van der Waals surface area contributed by atoms with Gasteiger partial charge in [0.15, 0.2) is 0 Å². The summed E-state index contributed by atoms with van der Waals surface area (Å²) in [5.74, 6) is 0.218. The topological polar surface area (TPSA) is 61.4 Å². The van der Waals surface area contributed by atoms with Gasteiger partial charge in [-0.3, -0.25) is 14.5 Å². The Labute approximate surface area is 172 Å². The summed E-state index contributed by atoms with van der Waals surface area (Å²) in [6.45, 7) is 2.07. The SMILES string of the molecule is O=C(NCc1ccccc1)C1CCN(C(C(=O)NC2CC2)c2ccccc2)CC1. The molecule has 2 aromatic carbocycles. The number of likely N-dealkylation sites (tertiary alicyclic amines) is 1. The highest BCUT2D eigenvalue weighted by atomic mass is 16.2. The molecule has 1 aliphatic carbocycles. The standard InChI is InChI=1S/C24H29N3O2/c28-23(25-17-18-7-3-1-4-8-18)20-13-15-27(16-14-20)22(19-9-5-2-6-10-19)24(29)26-21-11-12-21/h1-10,20-22H,11-17H2,(H,25,28)(H,26,29). The van der Waals surface area contributed by atoms with E-state index in [0.29, 0.717) is 12.6 Å².